The Morgan fingerprint density at radius 2 is 1.97 bits per heavy atom. The molecule has 0 saturated carbocycles. The maximum absolute atomic E-state index is 13.8. The smallest absolute Gasteiger partial charge is 0.308 e. The molecule has 0 spiro atoms. The largest absolute Gasteiger partial charge is 0.469 e. The lowest BCUT2D eigenvalue weighted by Gasteiger charge is -2.26. The van der Waals surface area contributed by atoms with E-state index in [0.717, 1.165) is 57.0 Å². The minimum absolute atomic E-state index is 0.218. The number of methoxy groups -OCH3 is 1. The lowest BCUT2D eigenvalue weighted by atomic mass is 9.85. The monoisotopic (exact) mass is 447 g/mol. The van der Waals surface area contributed by atoms with Crippen molar-refractivity contribution < 1.29 is 18.7 Å². The zero-order valence-corrected chi connectivity index (χ0v) is 18.7. The summed E-state index contributed by atoms with van der Waals surface area (Å²) in [5.41, 5.74) is 4.67. The van der Waals surface area contributed by atoms with Gasteiger partial charge in [-0.2, -0.15) is 5.10 Å². The standard InChI is InChI=1S/C26H26FN3O3/c1-15(26(31)32-2)11-23-20-13-22-18(14-28-30-22)12-21(20)24(16-3-5-19(27)6-4-16)25(29-23)17-7-9-33-10-8-17/h3-6,12-15,17H,7-11H2,1-2H3,(H,28,30). The van der Waals surface area contributed by atoms with Gasteiger partial charge in [0.1, 0.15) is 5.82 Å². The summed E-state index contributed by atoms with van der Waals surface area (Å²) in [6.45, 7) is 3.22. The van der Waals surface area contributed by atoms with E-state index in [2.05, 4.69) is 16.3 Å². The summed E-state index contributed by atoms with van der Waals surface area (Å²) >= 11 is 0. The molecule has 5 rings (SSSR count). The van der Waals surface area contributed by atoms with Crippen molar-refractivity contribution in [2.24, 2.45) is 5.92 Å². The second kappa shape index (κ2) is 8.90. The van der Waals surface area contributed by atoms with E-state index in [4.69, 9.17) is 14.5 Å². The number of ether oxygens (including phenoxy) is 2. The molecule has 2 aromatic heterocycles. The molecular weight excluding hydrogens is 421 g/mol. The molecule has 1 aliphatic heterocycles. The second-order valence-corrected chi connectivity index (χ2v) is 8.70. The number of benzene rings is 2. The van der Waals surface area contributed by atoms with Crippen LogP contribution in [0.4, 0.5) is 4.39 Å². The summed E-state index contributed by atoms with van der Waals surface area (Å²) in [5.74, 6) is -0.648. The van der Waals surface area contributed by atoms with E-state index < -0.39 is 0 Å². The molecule has 4 aromatic rings. The molecule has 1 atom stereocenters. The molecule has 1 N–H and O–H groups in total. The topological polar surface area (TPSA) is 77.1 Å². The van der Waals surface area contributed by atoms with Crippen molar-refractivity contribution in [1.82, 2.24) is 15.2 Å². The van der Waals surface area contributed by atoms with Gasteiger partial charge in [0.05, 0.1) is 30.4 Å². The Balaban J connectivity index is 1.80. The minimum atomic E-state index is -0.331. The molecule has 0 amide bonds. The number of fused-ring (bicyclic) bond motifs is 2. The minimum Gasteiger partial charge on any atom is -0.469 e. The Bertz CT molecular complexity index is 1310. The van der Waals surface area contributed by atoms with Gasteiger partial charge in [-0.3, -0.25) is 14.9 Å². The number of hydrogen-bond donors (Lipinski definition) is 1. The number of carbonyl (C=O) groups is 1. The Labute approximate surface area is 191 Å². The predicted molar refractivity (Wildman–Crippen MR) is 124 cm³/mol. The summed E-state index contributed by atoms with van der Waals surface area (Å²) in [6, 6.07) is 10.8. The van der Waals surface area contributed by atoms with Crippen LogP contribution in [0.3, 0.4) is 0 Å². The van der Waals surface area contributed by atoms with E-state index in [1.807, 2.05) is 25.1 Å². The third-order valence-corrected chi connectivity index (χ3v) is 6.51. The van der Waals surface area contributed by atoms with Gasteiger partial charge in [0.25, 0.3) is 0 Å². The molecular formula is C26H26FN3O3. The number of aromatic amines is 1. The van der Waals surface area contributed by atoms with E-state index in [1.165, 1.54) is 19.2 Å². The Morgan fingerprint density at radius 3 is 2.70 bits per heavy atom. The Morgan fingerprint density at radius 1 is 1.21 bits per heavy atom. The van der Waals surface area contributed by atoms with E-state index in [1.54, 1.807) is 6.20 Å². The summed E-state index contributed by atoms with van der Waals surface area (Å²) in [7, 11) is 1.41. The highest BCUT2D eigenvalue weighted by atomic mass is 19.1. The van der Waals surface area contributed by atoms with Crippen molar-refractivity contribution in [2.75, 3.05) is 20.3 Å². The zero-order chi connectivity index (χ0) is 22.9. The third kappa shape index (κ3) is 4.09. The van der Waals surface area contributed by atoms with Gasteiger partial charge in [-0.15, -0.1) is 0 Å². The molecule has 170 valence electrons. The van der Waals surface area contributed by atoms with Crippen molar-refractivity contribution in [1.29, 1.82) is 0 Å². The van der Waals surface area contributed by atoms with Gasteiger partial charge < -0.3 is 9.47 Å². The lowest BCUT2D eigenvalue weighted by molar-refractivity contribution is -0.144. The van der Waals surface area contributed by atoms with Crippen molar-refractivity contribution >= 4 is 27.6 Å². The van der Waals surface area contributed by atoms with Crippen molar-refractivity contribution in [3.63, 3.8) is 0 Å². The number of nitrogens with zero attached hydrogens (tertiary/aromatic N) is 2. The first-order valence-electron chi connectivity index (χ1n) is 11.3. The lowest BCUT2D eigenvalue weighted by Crippen LogP contribution is -2.19. The SMILES string of the molecule is COC(=O)C(C)Cc1nc(C2CCOCC2)c(-c2ccc(F)cc2)c2cc3cn[nH]c3cc12. The second-order valence-electron chi connectivity index (χ2n) is 8.70. The fourth-order valence-electron chi connectivity index (χ4n) is 4.75. The Kier molecular flexibility index (Phi) is 5.81. The highest BCUT2D eigenvalue weighted by Crippen LogP contribution is 2.41. The number of halogens is 1. The molecule has 33 heavy (non-hydrogen) atoms. The van der Waals surface area contributed by atoms with Crippen molar-refractivity contribution in [3.05, 3.63) is 59.8 Å². The van der Waals surface area contributed by atoms with Crippen LogP contribution < -0.4 is 0 Å². The summed E-state index contributed by atoms with van der Waals surface area (Å²) < 4.78 is 24.3. The van der Waals surface area contributed by atoms with Gasteiger partial charge >= 0.3 is 5.97 Å². The summed E-state index contributed by atoms with van der Waals surface area (Å²) in [5, 5.41) is 10.2. The number of esters is 1. The fourth-order valence-corrected chi connectivity index (χ4v) is 4.75. The number of pyridine rings is 1. The van der Waals surface area contributed by atoms with Gasteiger partial charge in [-0.05, 0) is 48.1 Å². The quantitative estimate of drug-likeness (QED) is 0.428. The molecule has 0 bridgehead atoms. The van der Waals surface area contributed by atoms with Gasteiger partial charge in [0, 0.05) is 47.6 Å². The number of hydrogen-bond acceptors (Lipinski definition) is 5. The van der Waals surface area contributed by atoms with Crippen LogP contribution in [0.15, 0.2) is 42.6 Å². The van der Waals surface area contributed by atoms with Gasteiger partial charge in [0.2, 0.25) is 0 Å². The average Bonchev–Trinajstić information content (AvgIpc) is 3.31. The van der Waals surface area contributed by atoms with E-state index >= 15 is 0 Å². The molecule has 0 aliphatic carbocycles. The summed E-state index contributed by atoms with van der Waals surface area (Å²) in [6.07, 6.45) is 4.00. The van der Waals surface area contributed by atoms with Crippen molar-refractivity contribution in [2.45, 2.75) is 32.1 Å². The van der Waals surface area contributed by atoms with Crippen LogP contribution in [0.1, 0.15) is 37.1 Å². The highest BCUT2D eigenvalue weighted by Gasteiger charge is 2.26. The van der Waals surface area contributed by atoms with Crippen LogP contribution in [0, 0.1) is 11.7 Å². The van der Waals surface area contributed by atoms with E-state index in [9.17, 15) is 9.18 Å². The first-order valence-corrected chi connectivity index (χ1v) is 11.3. The molecule has 0 radical (unpaired) electrons. The van der Waals surface area contributed by atoms with Gasteiger partial charge in [0.15, 0.2) is 0 Å². The molecule has 1 fully saturated rings. The number of aromatic nitrogens is 3. The molecule has 3 heterocycles. The number of rotatable bonds is 5. The predicted octanol–water partition coefficient (Wildman–Crippen LogP) is 5.16. The van der Waals surface area contributed by atoms with Gasteiger partial charge in [-0.1, -0.05) is 19.1 Å². The summed E-state index contributed by atoms with van der Waals surface area (Å²) in [4.78, 5) is 17.4. The first-order chi connectivity index (χ1) is 16.0. The average molecular weight is 448 g/mol. The highest BCUT2D eigenvalue weighted by molar-refractivity contribution is 6.05. The molecule has 2 aromatic carbocycles. The third-order valence-electron chi connectivity index (χ3n) is 6.51. The molecule has 7 heteroatoms. The van der Waals surface area contributed by atoms with Crippen molar-refractivity contribution in [3.8, 4) is 11.1 Å². The first kappa shape index (κ1) is 21.5. The maximum Gasteiger partial charge on any atom is 0.308 e. The molecule has 1 unspecified atom stereocenters. The molecule has 1 saturated heterocycles. The fraction of sp³-hybridized carbons (Fsp3) is 0.346. The normalized spacial score (nSPS) is 15.7. The van der Waals surface area contributed by atoms with Crippen LogP contribution in [-0.2, 0) is 20.7 Å². The molecule has 1 aliphatic rings. The van der Waals surface area contributed by atoms with Gasteiger partial charge in [-0.25, -0.2) is 4.39 Å². The van der Waals surface area contributed by atoms with E-state index in [-0.39, 0.29) is 23.6 Å². The maximum atomic E-state index is 13.8. The number of H-pyrrole nitrogens is 1. The van der Waals surface area contributed by atoms with Crippen LogP contribution in [0.5, 0.6) is 0 Å². The Hall–Kier alpha value is -3.32. The zero-order valence-electron chi connectivity index (χ0n) is 18.7. The van der Waals surface area contributed by atoms with Crippen LogP contribution in [0.2, 0.25) is 0 Å². The number of carbonyl (C=O) groups excluding carboxylic acids is 1. The van der Waals surface area contributed by atoms with Crippen LogP contribution in [-0.4, -0.2) is 41.5 Å². The molecule has 6 nitrogen and oxygen atoms in total. The van der Waals surface area contributed by atoms with Crippen LogP contribution in [0.25, 0.3) is 32.8 Å². The van der Waals surface area contributed by atoms with Crippen LogP contribution >= 0.6 is 0 Å². The van der Waals surface area contributed by atoms with E-state index in [0.29, 0.717) is 19.6 Å². The number of nitrogens with one attached hydrogen (secondary N) is 1.